The van der Waals surface area contributed by atoms with Crippen molar-refractivity contribution in [2.24, 2.45) is 0 Å². The maximum atomic E-state index is 5.49. The molecule has 108 valence electrons. The first-order chi connectivity index (χ1) is 9.17. The lowest BCUT2D eigenvalue weighted by atomic mass is 10.1. The number of benzene rings is 1. The molecule has 0 bridgehead atoms. The van der Waals surface area contributed by atoms with Crippen LogP contribution in [0.1, 0.15) is 45.7 Å². The van der Waals surface area contributed by atoms with Gasteiger partial charge in [-0.2, -0.15) is 11.8 Å². The molecule has 0 saturated carbocycles. The van der Waals surface area contributed by atoms with E-state index in [0.717, 1.165) is 24.7 Å². The Bertz CT molecular complexity index is 337. The Morgan fingerprint density at radius 1 is 1.16 bits per heavy atom. The van der Waals surface area contributed by atoms with E-state index in [0.29, 0.717) is 11.3 Å². The molecule has 0 aromatic heterocycles. The molecule has 19 heavy (non-hydrogen) atoms. The average molecular weight is 281 g/mol. The fourth-order valence-corrected chi connectivity index (χ4v) is 2.73. The highest BCUT2D eigenvalue weighted by Crippen LogP contribution is 2.23. The predicted octanol–water partition coefficient (Wildman–Crippen LogP) is 4.27. The Hall–Kier alpha value is -0.670. The quantitative estimate of drug-likeness (QED) is 0.730. The van der Waals surface area contributed by atoms with Crippen LogP contribution in [0.5, 0.6) is 5.75 Å². The van der Waals surface area contributed by atoms with Crippen molar-refractivity contribution in [3.05, 3.63) is 29.8 Å². The maximum absolute atomic E-state index is 5.49. The average Bonchev–Trinajstić information content (AvgIpc) is 2.40. The highest BCUT2D eigenvalue weighted by atomic mass is 32.2. The smallest absolute Gasteiger partial charge is 0.119 e. The van der Waals surface area contributed by atoms with Gasteiger partial charge in [0.15, 0.2) is 0 Å². The van der Waals surface area contributed by atoms with E-state index in [4.69, 9.17) is 4.74 Å². The fraction of sp³-hybridized carbons (Fsp3) is 0.625. The predicted molar refractivity (Wildman–Crippen MR) is 86.2 cm³/mol. The van der Waals surface area contributed by atoms with Crippen LogP contribution >= 0.6 is 11.8 Å². The summed E-state index contributed by atoms with van der Waals surface area (Å²) in [6, 6.07) is 8.93. The fourth-order valence-electron chi connectivity index (χ4n) is 1.84. The summed E-state index contributed by atoms with van der Waals surface area (Å²) in [6.45, 7) is 10.5. The third kappa shape index (κ3) is 6.35. The second kappa shape index (κ2) is 9.27. The molecule has 1 unspecified atom stereocenters. The number of ether oxygens (including phenoxy) is 1. The molecule has 1 rings (SSSR count). The van der Waals surface area contributed by atoms with Crippen LogP contribution in [0.3, 0.4) is 0 Å². The van der Waals surface area contributed by atoms with E-state index >= 15 is 0 Å². The van der Waals surface area contributed by atoms with Crippen molar-refractivity contribution in [3.63, 3.8) is 0 Å². The SMILES string of the molecule is CCCNC(CSC(C)C)c1ccc(OCC)cc1. The molecule has 1 aromatic rings. The monoisotopic (exact) mass is 281 g/mol. The molecule has 0 fully saturated rings. The normalized spacial score (nSPS) is 12.7. The standard InChI is InChI=1S/C16H27NOS/c1-5-11-17-16(12-19-13(3)4)14-7-9-15(10-8-14)18-6-2/h7-10,13,16-17H,5-6,11-12H2,1-4H3. The van der Waals surface area contributed by atoms with E-state index in [1.54, 1.807) is 0 Å². The highest BCUT2D eigenvalue weighted by Gasteiger charge is 2.11. The van der Waals surface area contributed by atoms with Gasteiger partial charge < -0.3 is 10.1 Å². The summed E-state index contributed by atoms with van der Waals surface area (Å²) in [5.74, 6) is 2.07. The zero-order valence-electron chi connectivity index (χ0n) is 12.6. The van der Waals surface area contributed by atoms with Crippen molar-refractivity contribution >= 4 is 11.8 Å². The van der Waals surface area contributed by atoms with Gasteiger partial charge in [0, 0.05) is 11.8 Å². The first-order valence-electron chi connectivity index (χ1n) is 7.25. The van der Waals surface area contributed by atoms with Crippen LogP contribution in [-0.2, 0) is 0 Å². The van der Waals surface area contributed by atoms with Crippen LogP contribution in [0.25, 0.3) is 0 Å². The molecule has 2 nitrogen and oxygen atoms in total. The Morgan fingerprint density at radius 2 is 1.84 bits per heavy atom. The number of thioether (sulfide) groups is 1. The molecule has 0 aliphatic rings. The number of rotatable bonds is 9. The molecule has 0 saturated heterocycles. The van der Waals surface area contributed by atoms with Gasteiger partial charge in [-0.1, -0.05) is 32.9 Å². The lowest BCUT2D eigenvalue weighted by Crippen LogP contribution is -2.24. The summed E-state index contributed by atoms with van der Waals surface area (Å²) >= 11 is 2.01. The zero-order chi connectivity index (χ0) is 14.1. The van der Waals surface area contributed by atoms with E-state index in [1.165, 1.54) is 12.0 Å². The molecule has 1 N–H and O–H groups in total. The maximum Gasteiger partial charge on any atom is 0.119 e. The van der Waals surface area contributed by atoms with Crippen molar-refractivity contribution in [3.8, 4) is 5.75 Å². The number of hydrogen-bond acceptors (Lipinski definition) is 3. The van der Waals surface area contributed by atoms with Gasteiger partial charge in [-0.05, 0) is 42.8 Å². The Labute approximate surface area is 122 Å². The topological polar surface area (TPSA) is 21.3 Å². The molecule has 0 spiro atoms. The highest BCUT2D eigenvalue weighted by molar-refractivity contribution is 7.99. The zero-order valence-corrected chi connectivity index (χ0v) is 13.4. The molecule has 1 aromatic carbocycles. The second-order valence-electron chi connectivity index (χ2n) is 4.89. The van der Waals surface area contributed by atoms with E-state index in [1.807, 2.05) is 18.7 Å². The van der Waals surface area contributed by atoms with Crippen LogP contribution in [0.15, 0.2) is 24.3 Å². The minimum Gasteiger partial charge on any atom is -0.494 e. The van der Waals surface area contributed by atoms with Crippen LogP contribution in [-0.4, -0.2) is 24.2 Å². The van der Waals surface area contributed by atoms with Crippen LogP contribution < -0.4 is 10.1 Å². The molecular formula is C16H27NOS. The van der Waals surface area contributed by atoms with Gasteiger partial charge in [-0.15, -0.1) is 0 Å². The minimum absolute atomic E-state index is 0.433. The lowest BCUT2D eigenvalue weighted by molar-refractivity contribution is 0.340. The van der Waals surface area contributed by atoms with Crippen molar-refractivity contribution < 1.29 is 4.74 Å². The summed E-state index contributed by atoms with van der Waals surface area (Å²) in [6.07, 6.45) is 1.17. The van der Waals surface area contributed by atoms with Gasteiger partial charge in [0.1, 0.15) is 5.75 Å². The molecule has 3 heteroatoms. The summed E-state index contributed by atoms with van der Waals surface area (Å²) < 4.78 is 5.49. The van der Waals surface area contributed by atoms with Crippen LogP contribution in [0.2, 0.25) is 0 Å². The van der Waals surface area contributed by atoms with Gasteiger partial charge in [-0.25, -0.2) is 0 Å². The van der Waals surface area contributed by atoms with Gasteiger partial charge >= 0.3 is 0 Å². The lowest BCUT2D eigenvalue weighted by Gasteiger charge is -2.20. The van der Waals surface area contributed by atoms with Crippen LogP contribution in [0.4, 0.5) is 0 Å². The molecule has 1 atom stereocenters. The summed E-state index contributed by atoms with van der Waals surface area (Å²) in [5.41, 5.74) is 1.35. The first kappa shape index (κ1) is 16.4. The van der Waals surface area contributed by atoms with Crippen molar-refractivity contribution in [2.45, 2.75) is 45.4 Å². The van der Waals surface area contributed by atoms with Crippen molar-refractivity contribution in [2.75, 3.05) is 18.9 Å². The molecule has 0 aliphatic carbocycles. The number of nitrogens with one attached hydrogen (secondary N) is 1. The molecule has 0 heterocycles. The van der Waals surface area contributed by atoms with E-state index in [2.05, 4.69) is 50.4 Å². The van der Waals surface area contributed by atoms with Gasteiger partial charge in [0.25, 0.3) is 0 Å². The Morgan fingerprint density at radius 3 is 2.37 bits per heavy atom. The third-order valence-electron chi connectivity index (χ3n) is 2.83. The molecule has 0 radical (unpaired) electrons. The summed E-state index contributed by atoms with van der Waals surface area (Å²) in [4.78, 5) is 0. The molecular weight excluding hydrogens is 254 g/mol. The summed E-state index contributed by atoms with van der Waals surface area (Å²) in [5, 5.41) is 4.31. The minimum atomic E-state index is 0.433. The Kier molecular flexibility index (Phi) is 7.99. The van der Waals surface area contributed by atoms with Gasteiger partial charge in [-0.3, -0.25) is 0 Å². The van der Waals surface area contributed by atoms with E-state index in [-0.39, 0.29) is 0 Å². The van der Waals surface area contributed by atoms with E-state index < -0.39 is 0 Å². The largest absolute Gasteiger partial charge is 0.494 e. The molecule has 0 amide bonds. The van der Waals surface area contributed by atoms with Crippen molar-refractivity contribution in [1.82, 2.24) is 5.32 Å². The van der Waals surface area contributed by atoms with Gasteiger partial charge in [0.2, 0.25) is 0 Å². The Balaban J connectivity index is 2.66. The first-order valence-corrected chi connectivity index (χ1v) is 8.30. The third-order valence-corrected chi connectivity index (χ3v) is 4.02. The summed E-state index contributed by atoms with van der Waals surface area (Å²) in [7, 11) is 0. The van der Waals surface area contributed by atoms with E-state index in [9.17, 15) is 0 Å². The second-order valence-corrected chi connectivity index (χ2v) is 6.50. The van der Waals surface area contributed by atoms with Gasteiger partial charge in [0.05, 0.1) is 6.61 Å². The van der Waals surface area contributed by atoms with Crippen LogP contribution in [0, 0.1) is 0 Å². The molecule has 0 aliphatic heterocycles. The number of hydrogen-bond donors (Lipinski definition) is 1. The van der Waals surface area contributed by atoms with Crippen molar-refractivity contribution in [1.29, 1.82) is 0 Å².